The van der Waals surface area contributed by atoms with Gasteiger partial charge in [-0.15, -0.1) is 11.3 Å². The zero-order valence-electron chi connectivity index (χ0n) is 19.2. The summed E-state index contributed by atoms with van der Waals surface area (Å²) in [6, 6.07) is 17.5. The summed E-state index contributed by atoms with van der Waals surface area (Å²) in [5.41, 5.74) is 1.84. The maximum atomic E-state index is 13.0. The molecular formula is C25H30N4O3S2. The fraction of sp³-hybridized carbons (Fsp3) is 0.440. The van der Waals surface area contributed by atoms with E-state index >= 15 is 0 Å². The number of piperidine rings is 1. The molecule has 7 nitrogen and oxygen atoms in total. The molecule has 0 saturated carbocycles. The van der Waals surface area contributed by atoms with Crippen LogP contribution < -0.4 is 0 Å². The molecule has 1 atom stereocenters. The molecule has 3 heterocycles. The van der Waals surface area contributed by atoms with Crippen LogP contribution in [-0.4, -0.2) is 79.2 Å². The lowest BCUT2D eigenvalue weighted by molar-refractivity contribution is -0.133. The highest BCUT2D eigenvalue weighted by atomic mass is 32.2. The number of sulfonamides is 1. The smallest absolute Gasteiger partial charge is 0.236 e. The van der Waals surface area contributed by atoms with Crippen molar-refractivity contribution >= 4 is 37.5 Å². The number of hydrogen-bond donors (Lipinski definition) is 0. The minimum absolute atomic E-state index is 0.00270. The first-order chi connectivity index (χ1) is 16.5. The van der Waals surface area contributed by atoms with Crippen LogP contribution >= 0.6 is 11.3 Å². The topological polar surface area (TPSA) is 73.8 Å². The van der Waals surface area contributed by atoms with Crippen molar-refractivity contribution in [3.8, 4) is 0 Å². The van der Waals surface area contributed by atoms with Crippen molar-refractivity contribution in [3.63, 3.8) is 0 Å². The molecule has 2 aliphatic rings. The van der Waals surface area contributed by atoms with Gasteiger partial charge in [0.05, 0.1) is 27.5 Å². The molecule has 34 heavy (non-hydrogen) atoms. The maximum absolute atomic E-state index is 13.0. The Balaban J connectivity index is 1.14. The Hall–Kier alpha value is -2.33. The third-order valence-corrected chi connectivity index (χ3v) is 9.75. The van der Waals surface area contributed by atoms with E-state index in [0.717, 1.165) is 42.0 Å². The number of rotatable bonds is 6. The number of para-hydroxylation sites is 1. The normalized spacial score (nSPS) is 20.6. The van der Waals surface area contributed by atoms with Gasteiger partial charge in [0.1, 0.15) is 0 Å². The van der Waals surface area contributed by atoms with Crippen molar-refractivity contribution in [1.82, 2.24) is 19.1 Å². The highest BCUT2D eigenvalue weighted by Gasteiger charge is 2.31. The van der Waals surface area contributed by atoms with Gasteiger partial charge in [0.2, 0.25) is 15.9 Å². The number of piperazine rings is 1. The summed E-state index contributed by atoms with van der Waals surface area (Å²) in [7, 11) is -3.38. The van der Waals surface area contributed by atoms with E-state index in [2.05, 4.69) is 17.0 Å². The van der Waals surface area contributed by atoms with Crippen LogP contribution in [0.3, 0.4) is 0 Å². The number of nitrogens with zero attached hydrogens (tertiary/aromatic N) is 4. The van der Waals surface area contributed by atoms with Gasteiger partial charge in [0, 0.05) is 38.6 Å². The highest BCUT2D eigenvalue weighted by molar-refractivity contribution is 7.88. The lowest BCUT2D eigenvalue weighted by Gasteiger charge is -2.36. The number of carbonyl (C=O) groups is 1. The molecule has 2 fully saturated rings. The Morgan fingerprint density at radius 2 is 1.71 bits per heavy atom. The van der Waals surface area contributed by atoms with E-state index in [0.29, 0.717) is 38.6 Å². The van der Waals surface area contributed by atoms with Gasteiger partial charge in [0.25, 0.3) is 0 Å². The van der Waals surface area contributed by atoms with Crippen LogP contribution in [0.5, 0.6) is 0 Å². The van der Waals surface area contributed by atoms with E-state index in [9.17, 15) is 13.2 Å². The van der Waals surface area contributed by atoms with E-state index in [4.69, 9.17) is 4.98 Å². The van der Waals surface area contributed by atoms with Gasteiger partial charge in [-0.3, -0.25) is 9.69 Å². The van der Waals surface area contributed by atoms with Gasteiger partial charge in [-0.25, -0.2) is 13.4 Å². The van der Waals surface area contributed by atoms with Gasteiger partial charge in [-0.1, -0.05) is 42.5 Å². The van der Waals surface area contributed by atoms with Gasteiger partial charge in [-0.05, 0) is 37.1 Å². The van der Waals surface area contributed by atoms with Crippen LogP contribution in [0.2, 0.25) is 0 Å². The van der Waals surface area contributed by atoms with Crippen molar-refractivity contribution in [3.05, 3.63) is 65.2 Å². The molecule has 2 aliphatic heterocycles. The summed E-state index contributed by atoms with van der Waals surface area (Å²) in [5, 5.41) is 1.16. The maximum Gasteiger partial charge on any atom is 0.236 e. The van der Waals surface area contributed by atoms with Gasteiger partial charge < -0.3 is 4.90 Å². The molecule has 9 heteroatoms. The fourth-order valence-corrected chi connectivity index (χ4v) is 7.46. The molecular weight excluding hydrogens is 468 g/mol. The fourth-order valence-electron chi connectivity index (χ4n) is 4.85. The standard InChI is InChI=1S/C25H30N4O3S2/c30-24(28-13-15-29(16-14-28)34(31,32)19-20-7-2-1-3-8-20)18-27-12-6-9-21(17-27)25-26-22-10-4-5-11-23(22)33-25/h1-5,7-8,10-11,21H,6,9,12-19H2. The van der Waals surface area contributed by atoms with E-state index < -0.39 is 10.0 Å². The second-order valence-electron chi connectivity index (χ2n) is 9.12. The van der Waals surface area contributed by atoms with Crippen LogP contribution in [0, 0.1) is 0 Å². The summed E-state index contributed by atoms with van der Waals surface area (Å²) in [5.74, 6) is 0.451. The Morgan fingerprint density at radius 3 is 2.47 bits per heavy atom. The van der Waals surface area contributed by atoms with Gasteiger partial charge in [-0.2, -0.15) is 4.31 Å². The monoisotopic (exact) mass is 498 g/mol. The number of thiazole rings is 1. The number of carbonyl (C=O) groups excluding carboxylic acids is 1. The van der Waals surface area contributed by atoms with Crippen molar-refractivity contribution in [2.24, 2.45) is 0 Å². The Morgan fingerprint density at radius 1 is 0.971 bits per heavy atom. The zero-order valence-corrected chi connectivity index (χ0v) is 20.8. The lowest BCUT2D eigenvalue weighted by Crippen LogP contribution is -2.53. The second-order valence-corrected chi connectivity index (χ2v) is 12.1. The molecule has 1 amide bonds. The molecule has 0 aliphatic carbocycles. The molecule has 1 aromatic heterocycles. The second kappa shape index (κ2) is 10.1. The van der Waals surface area contributed by atoms with E-state index in [1.54, 1.807) is 11.3 Å². The summed E-state index contributed by atoms with van der Waals surface area (Å²) in [6.07, 6.45) is 2.15. The minimum Gasteiger partial charge on any atom is -0.339 e. The predicted molar refractivity (Wildman–Crippen MR) is 135 cm³/mol. The molecule has 2 saturated heterocycles. The first-order valence-electron chi connectivity index (χ1n) is 11.9. The van der Waals surface area contributed by atoms with Crippen molar-refractivity contribution in [1.29, 1.82) is 0 Å². The zero-order chi connectivity index (χ0) is 23.5. The molecule has 0 bridgehead atoms. The molecule has 5 rings (SSSR count). The molecule has 0 spiro atoms. The van der Waals surface area contributed by atoms with E-state index in [1.807, 2.05) is 47.4 Å². The summed E-state index contributed by atoms with van der Waals surface area (Å²) < 4.78 is 28.3. The van der Waals surface area contributed by atoms with E-state index in [-0.39, 0.29) is 11.7 Å². The largest absolute Gasteiger partial charge is 0.339 e. The van der Waals surface area contributed by atoms with Crippen LogP contribution in [0.1, 0.15) is 29.3 Å². The van der Waals surface area contributed by atoms with Crippen LogP contribution in [0.4, 0.5) is 0 Å². The van der Waals surface area contributed by atoms with Gasteiger partial charge >= 0.3 is 0 Å². The number of likely N-dealkylation sites (tertiary alicyclic amines) is 1. The quantitative estimate of drug-likeness (QED) is 0.522. The number of amides is 1. The molecule has 1 unspecified atom stereocenters. The number of hydrogen-bond acceptors (Lipinski definition) is 6. The third kappa shape index (κ3) is 5.33. The Labute approximate surface area is 205 Å². The molecule has 180 valence electrons. The van der Waals surface area contributed by atoms with Crippen molar-refractivity contribution in [2.75, 3.05) is 45.8 Å². The van der Waals surface area contributed by atoms with Crippen LogP contribution in [0.15, 0.2) is 54.6 Å². The molecule has 0 N–H and O–H groups in total. The highest BCUT2D eigenvalue weighted by Crippen LogP contribution is 2.33. The first-order valence-corrected chi connectivity index (χ1v) is 14.3. The molecule has 3 aromatic rings. The lowest BCUT2D eigenvalue weighted by atomic mass is 9.98. The Kier molecular flexibility index (Phi) is 6.96. The Bertz CT molecular complexity index is 1200. The number of benzene rings is 2. The van der Waals surface area contributed by atoms with Crippen molar-refractivity contribution in [2.45, 2.75) is 24.5 Å². The van der Waals surface area contributed by atoms with Gasteiger partial charge in [0.15, 0.2) is 0 Å². The molecule has 0 radical (unpaired) electrons. The summed E-state index contributed by atoms with van der Waals surface area (Å²) >= 11 is 1.76. The van der Waals surface area contributed by atoms with Crippen LogP contribution in [-0.2, 0) is 20.6 Å². The average molecular weight is 499 g/mol. The minimum atomic E-state index is -3.38. The summed E-state index contributed by atoms with van der Waals surface area (Å²) in [6.45, 7) is 3.75. The number of aromatic nitrogens is 1. The van der Waals surface area contributed by atoms with Crippen molar-refractivity contribution < 1.29 is 13.2 Å². The van der Waals surface area contributed by atoms with E-state index in [1.165, 1.54) is 9.01 Å². The SMILES string of the molecule is O=C(CN1CCCC(c2nc3ccccc3s2)C1)N1CCN(S(=O)(=O)Cc2ccccc2)CC1. The molecule has 2 aromatic carbocycles. The van der Waals surface area contributed by atoms with Crippen LogP contribution in [0.25, 0.3) is 10.2 Å². The number of fused-ring (bicyclic) bond motifs is 1. The average Bonchev–Trinajstić information content (AvgIpc) is 3.29. The third-order valence-electron chi connectivity index (χ3n) is 6.70. The summed E-state index contributed by atoms with van der Waals surface area (Å²) in [4.78, 5) is 21.9. The first kappa shape index (κ1) is 23.4. The predicted octanol–water partition coefficient (Wildman–Crippen LogP) is 3.15.